The first kappa shape index (κ1) is 21.0. The normalized spacial score (nSPS) is 23.0. The van der Waals surface area contributed by atoms with Crippen molar-refractivity contribution in [2.24, 2.45) is 11.8 Å². The van der Waals surface area contributed by atoms with Crippen LogP contribution in [0.3, 0.4) is 0 Å². The molecule has 1 aromatic carbocycles. The summed E-state index contributed by atoms with van der Waals surface area (Å²) in [6.07, 6.45) is 10.8. The Morgan fingerprint density at radius 1 is 1.17 bits per heavy atom. The fourth-order valence-corrected chi connectivity index (χ4v) is 6.45. The summed E-state index contributed by atoms with van der Waals surface area (Å²) in [5, 5.41) is 1.10. The van der Waals surface area contributed by atoms with Crippen molar-refractivity contribution >= 4 is 44.4 Å². The molecule has 1 amide bonds. The predicted molar refractivity (Wildman–Crippen MR) is 125 cm³/mol. The van der Waals surface area contributed by atoms with E-state index in [-0.39, 0.29) is 5.92 Å². The first-order valence-electron chi connectivity index (χ1n) is 11.2. The summed E-state index contributed by atoms with van der Waals surface area (Å²) in [4.78, 5) is 23.7. The van der Waals surface area contributed by atoms with Gasteiger partial charge in [-0.3, -0.25) is 4.79 Å². The summed E-state index contributed by atoms with van der Waals surface area (Å²) >= 11 is 3.53. The second-order valence-corrected chi connectivity index (χ2v) is 10.3. The maximum Gasteiger partial charge on any atom is 0.225 e. The van der Waals surface area contributed by atoms with Crippen LogP contribution >= 0.6 is 23.1 Å². The molecule has 0 atom stereocenters. The van der Waals surface area contributed by atoms with E-state index in [1.807, 2.05) is 0 Å². The van der Waals surface area contributed by atoms with E-state index >= 15 is 0 Å². The minimum Gasteiger partial charge on any atom is -0.345 e. The molecule has 29 heavy (non-hydrogen) atoms. The van der Waals surface area contributed by atoms with Gasteiger partial charge in [-0.25, -0.2) is 4.98 Å². The van der Waals surface area contributed by atoms with Crippen LogP contribution in [-0.2, 0) is 4.79 Å². The molecule has 0 radical (unpaired) electrons. The number of unbranched alkanes of at least 4 members (excludes halogenated alkanes) is 1. The SMILES string of the molecule is CCCCC1CCC(C(=O)N2CCN(c3nc4c(SC)cccc4s3)CC2)CC1. The standard InChI is InChI=1S/C23H33N3OS2/c1-3-4-6-17-9-11-18(12-10-17)22(27)25-13-15-26(16-14-25)23-24-21-19(28-2)7-5-8-20(21)29-23/h5,7-8,17-18H,3-4,6,9-16H2,1-2H3. The summed E-state index contributed by atoms with van der Waals surface area (Å²) in [5.41, 5.74) is 1.12. The molecule has 6 heteroatoms. The lowest BCUT2D eigenvalue weighted by Gasteiger charge is -2.37. The first-order chi connectivity index (χ1) is 14.2. The summed E-state index contributed by atoms with van der Waals surface area (Å²) in [5.74, 6) is 1.54. The zero-order valence-corrected chi connectivity index (χ0v) is 19.4. The molecule has 4 rings (SSSR count). The van der Waals surface area contributed by atoms with Crippen molar-refractivity contribution in [3.05, 3.63) is 18.2 Å². The first-order valence-corrected chi connectivity index (χ1v) is 13.2. The number of aromatic nitrogens is 1. The number of piperazine rings is 1. The van der Waals surface area contributed by atoms with Crippen LogP contribution in [0.5, 0.6) is 0 Å². The Balaban J connectivity index is 1.31. The largest absolute Gasteiger partial charge is 0.345 e. The Kier molecular flexibility index (Phi) is 7.01. The van der Waals surface area contributed by atoms with Crippen LogP contribution in [-0.4, -0.2) is 48.2 Å². The average Bonchev–Trinajstić information content (AvgIpc) is 3.22. The Hall–Kier alpha value is -1.27. The van der Waals surface area contributed by atoms with E-state index < -0.39 is 0 Å². The molecule has 1 aliphatic carbocycles. The topological polar surface area (TPSA) is 36.4 Å². The highest BCUT2D eigenvalue weighted by atomic mass is 32.2. The van der Waals surface area contributed by atoms with Crippen LogP contribution in [0.1, 0.15) is 51.9 Å². The molecule has 0 N–H and O–H groups in total. The van der Waals surface area contributed by atoms with Crippen LogP contribution in [0.25, 0.3) is 10.2 Å². The van der Waals surface area contributed by atoms with Gasteiger partial charge in [0, 0.05) is 37.0 Å². The number of thiazole rings is 1. The highest BCUT2D eigenvalue weighted by molar-refractivity contribution is 7.98. The van der Waals surface area contributed by atoms with Crippen LogP contribution in [0, 0.1) is 11.8 Å². The van der Waals surface area contributed by atoms with Crippen molar-refractivity contribution < 1.29 is 4.79 Å². The number of hydrogen-bond acceptors (Lipinski definition) is 5. The number of fused-ring (bicyclic) bond motifs is 1. The number of thioether (sulfide) groups is 1. The summed E-state index contributed by atoms with van der Waals surface area (Å²) in [6.45, 7) is 5.72. The molecule has 1 saturated heterocycles. The van der Waals surface area contributed by atoms with E-state index in [4.69, 9.17) is 4.98 Å². The van der Waals surface area contributed by atoms with Gasteiger partial charge < -0.3 is 9.80 Å². The third-order valence-electron chi connectivity index (χ3n) is 6.61. The van der Waals surface area contributed by atoms with E-state index in [0.717, 1.165) is 55.6 Å². The Morgan fingerprint density at radius 3 is 2.62 bits per heavy atom. The number of rotatable bonds is 6. The van der Waals surface area contributed by atoms with E-state index in [2.05, 4.69) is 41.2 Å². The van der Waals surface area contributed by atoms with Crippen molar-refractivity contribution in [3.63, 3.8) is 0 Å². The van der Waals surface area contributed by atoms with Gasteiger partial charge in [0.05, 0.1) is 10.2 Å². The number of para-hydroxylation sites is 1. The van der Waals surface area contributed by atoms with Gasteiger partial charge in [0.15, 0.2) is 5.13 Å². The van der Waals surface area contributed by atoms with Crippen LogP contribution in [0.2, 0.25) is 0 Å². The van der Waals surface area contributed by atoms with E-state index in [9.17, 15) is 4.79 Å². The van der Waals surface area contributed by atoms with Gasteiger partial charge in [0.25, 0.3) is 0 Å². The molecular formula is C23H33N3OS2. The fourth-order valence-electron chi connectivity index (χ4n) is 4.78. The monoisotopic (exact) mass is 431 g/mol. The molecule has 158 valence electrons. The number of carbonyl (C=O) groups excluding carboxylic acids is 1. The minimum absolute atomic E-state index is 0.269. The zero-order valence-electron chi connectivity index (χ0n) is 17.7. The summed E-state index contributed by atoms with van der Waals surface area (Å²) in [7, 11) is 0. The molecule has 1 aliphatic heterocycles. The lowest BCUT2D eigenvalue weighted by Crippen LogP contribution is -2.50. The molecule has 2 heterocycles. The molecule has 1 aromatic heterocycles. The fraction of sp³-hybridized carbons (Fsp3) is 0.652. The number of anilines is 1. The third kappa shape index (κ3) is 4.74. The smallest absolute Gasteiger partial charge is 0.225 e. The molecule has 4 nitrogen and oxygen atoms in total. The summed E-state index contributed by atoms with van der Waals surface area (Å²) < 4.78 is 1.25. The average molecular weight is 432 g/mol. The molecule has 2 fully saturated rings. The van der Waals surface area contributed by atoms with Crippen LogP contribution < -0.4 is 4.90 Å². The van der Waals surface area contributed by atoms with Gasteiger partial charge in [-0.15, -0.1) is 11.8 Å². The van der Waals surface area contributed by atoms with Crippen LogP contribution in [0.4, 0.5) is 5.13 Å². The van der Waals surface area contributed by atoms with E-state index in [0.29, 0.717) is 5.91 Å². The second-order valence-electron chi connectivity index (χ2n) is 8.48. The van der Waals surface area contributed by atoms with Gasteiger partial charge >= 0.3 is 0 Å². The maximum absolute atomic E-state index is 13.0. The van der Waals surface area contributed by atoms with Crippen molar-refractivity contribution in [2.75, 3.05) is 37.3 Å². The van der Waals surface area contributed by atoms with Gasteiger partial charge in [-0.1, -0.05) is 43.6 Å². The van der Waals surface area contributed by atoms with Gasteiger partial charge in [0.1, 0.15) is 0 Å². The quantitative estimate of drug-likeness (QED) is 0.553. The lowest BCUT2D eigenvalue weighted by molar-refractivity contribution is -0.137. The van der Waals surface area contributed by atoms with Gasteiger partial charge in [-0.2, -0.15) is 0 Å². The molecule has 2 aromatic rings. The van der Waals surface area contributed by atoms with Crippen LogP contribution in [0.15, 0.2) is 23.1 Å². The highest BCUT2D eigenvalue weighted by Crippen LogP contribution is 2.35. The minimum atomic E-state index is 0.269. The highest BCUT2D eigenvalue weighted by Gasteiger charge is 2.31. The Bertz CT molecular complexity index is 821. The van der Waals surface area contributed by atoms with Gasteiger partial charge in [0.2, 0.25) is 5.91 Å². The number of carbonyl (C=O) groups is 1. The van der Waals surface area contributed by atoms with Gasteiger partial charge in [-0.05, 0) is 50.0 Å². The number of amides is 1. The number of hydrogen-bond donors (Lipinski definition) is 0. The molecule has 0 spiro atoms. The molecule has 2 aliphatic rings. The second kappa shape index (κ2) is 9.69. The molecular weight excluding hydrogens is 398 g/mol. The zero-order chi connectivity index (χ0) is 20.2. The Morgan fingerprint density at radius 2 is 1.93 bits per heavy atom. The summed E-state index contributed by atoms with van der Waals surface area (Å²) in [6, 6.07) is 6.42. The Labute approximate surface area is 183 Å². The lowest BCUT2D eigenvalue weighted by atomic mass is 9.79. The number of nitrogens with zero attached hydrogens (tertiary/aromatic N) is 3. The number of benzene rings is 1. The van der Waals surface area contributed by atoms with E-state index in [1.54, 1.807) is 23.1 Å². The molecule has 0 unspecified atom stereocenters. The van der Waals surface area contributed by atoms with E-state index in [1.165, 1.54) is 41.7 Å². The third-order valence-corrected chi connectivity index (χ3v) is 8.47. The van der Waals surface area contributed by atoms with Crippen molar-refractivity contribution in [1.82, 2.24) is 9.88 Å². The van der Waals surface area contributed by atoms with Crippen molar-refractivity contribution in [3.8, 4) is 0 Å². The van der Waals surface area contributed by atoms with Crippen molar-refractivity contribution in [2.45, 2.75) is 56.8 Å². The molecule has 1 saturated carbocycles. The van der Waals surface area contributed by atoms with Crippen molar-refractivity contribution in [1.29, 1.82) is 0 Å². The predicted octanol–water partition coefficient (Wildman–Crippen LogP) is 5.66. The molecule has 0 bridgehead atoms. The maximum atomic E-state index is 13.0.